The topological polar surface area (TPSA) is 225 Å². The minimum atomic E-state index is -1.27. The Balaban J connectivity index is 1.68. The van der Waals surface area contributed by atoms with Crippen LogP contribution in [0.3, 0.4) is 0 Å². The van der Waals surface area contributed by atoms with Crippen LogP contribution in [0.5, 0.6) is 0 Å². The Kier molecular flexibility index (Phi) is 13.1. The SMILES string of the molecule is Cc1ncsc1-c1ccc([C@H]2NC(=O)[C@@H]3C[C@@H](O)CN3C(=O)[C@H](C(C)(C)C)NC(=O)CNC(=O)C[C@@H](CCCCN)NC(=O)CNC2=O)cc1. The van der Waals surface area contributed by atoms with Crippen LogP contribution in [0.2, 0.25) is 0 Å². The van der Waals surface area contributed by atoms with E-state index in [9.17, 15) is 33.9 Å². The van der Waals surface area contributed by atoms with Gasteiger partial charge in [0.15, 0.2) is 0 Å². The molecule has 16 heteroatoms. The molecule has 1 aromatic carbocycles. The standard InChI is InChI=1S/C34H48N8O7S/c1-19-29(50-18-38-19)21-10-8-20(9-11-21)28-32(48)37-16-26(45)39-22(7-5-6-12-35)13-25(44)36-15-27(46)40-30(34(2,3)4)33(49)42-17-23(43)14-24(42)31(47)41-28/h8-11,18,22-24,28,30,43H,5-7,12-17,35H2,1-4H3,(H,36,44)(H,37,48)(H,39,45)(H,40,46)(H,41,47)/t22-,23-,24+,28-,30-/m1/s1. The lowest BCUT2D eigenvalue weighted by Crippen LogP contribution is -2.59. The van der Waals surface area contributed by atoms with Gasteiger partial charge < -0.3 is 42.3 Å². The van der Waals surface area contributed by atoms with Crippen LogP contribution in [0.1, 0.15) is 70.2 Å². The maximum absolute atomic E-state index is 14.0. The zero-order valence-electron chi connectivity index (χ0n) is 28.9. The fraction of sp³-hybridized carbons (Fsp3) is 0.559. The van der Waals surface area contributed by atoms with Crippen molar-refractivity contribution in [2.45, 2.75) is 90.1 Å². The van der Waals surface area contributed by atoms with Gasteiger partial charge in [0.25, 0.3) is 0 Å². The molecule has 5 atom stereocenters. The smallest absolute Gasteiger partial charge is 0.247 e. The van der Waals surface area contributed by atoms with Crippen molar-refractivity contribution in [1.29, 1.82) is 0 Å². The number of aromatic nitrogens is 1. The van der Waals surface area contributed by atoms with E-state index in [0.717, 1.165) is 16.1 Å². The number of aliphatic hydroxyl groups is 1. The van der Waals surface area contributed by atoms with Gasteiger partial charge >= 0.3 is 0 Å². The highest BCUT2D eigenvalue weighted by molar-refractivity contribution is 7.13. The van der Waals surface area contributed by atoms with E-state index in [1.807, 2.05) is 6.92 Å². The normalized spacial score (nSPS) is 24.9. The Morgan fingerprint density at radius 2 is 1.60 bits per heavy atom. The molecule has 15 nitrogen and oxygen atoms in total. The van der Waals surface area contributed by atoms with E-state index in [1.54, 1.807) is 50.5 Å². The number of nitrogens with two attached hydrogens (primary N) is 1. The first-order valence-electron chi connectivity index (χ1n) is 16.8. The number of benzene rings is 1. The molecule has 3 heterocycles. The second-order valence-corrected chi connectivity index (χ2v) is 14.7. The Hall–Kier alpha value is -4.41. The number of amides is 6. The summed E-state index contributed by atoms with van der Waals surface area (Å²) in [7, 11) is 0. The fourth-order valence-corrected chi connectivity index (χ4v) is 6.87. The lowest BCUT2D eigenvalue weighted by atomic mass is 9.85. The van der Waals surface area contributed by atoms with Crippen molar-refractivity contribution in [1.82, 2.24) is 36.5 Å². The number of hydrogen-bond donors (Lipinski definition) is 7. The first-order valence-corrected chi connectivity index (χ1v) is 17.7. The van der Waals surface area contributed by atoms with Crippen LogP contribution in [-0.4, -0.2) is 101 Å². The van der Waals surface area contributed by atoms with Gasteiger partial charge in [-0.2, -0.15) is 0 Å². The number of hydrogen-bond acceptors (Lipinski definition) is 10. The van der Waals surface area contributed by atoms with E-state index in [2.05, 4.69) is 31.6 Å². The van der Waals surface area contributed by atoms with Gasteiger partial charge in [0, 0.05) is 25.4 Å². The zero-order chi connectivity index (χ0) is 36.6. The zero-order valence-corrected chi connectivity index (χ0v) is 29.7. The van der Waals surface area contributed by atoms with Crippen LogP contribution < -0.4 is 32.3 Å². The number of carbonyl (C=O) groups is 6. The molecule has 4 rings (SSSR count). The van der Waals surface area contributed by atoms with E-state index < -0.39 is 84.2 Å². The number of carbonyl (C=O) groups excluding carboxylic acids is 6. The molecule has 0 unspecified atom stereocenters. The third-order valence-electron chi connectivity index (χ3n) is 8.76. The van der Waals surface area contributed by atoms with Gasteiger partial charge in [-0.3, -0.25) is 28.8 Å². The summed E-state index contributed by atoms with van der Waals surface area (Å²) in [6.45, 7) is 6.54. The highest BCUT2D eigenvalue weighted by Gasteiger charge is 2.45. The summed E-state index contributed by atoms with van der Waals surface area (Å²) in [6.07, 6.45) is 0.492. The molecule has 0 spiro atoms. The first kappa shape index (κ1) is 38.4. The summed E-state index contributed by atoms with van der Waals surface area (Å²) >= 11 is 1.47. The summed E-state index contributed by atoms with van der Waals surface area (Å²) in [4.78, 5) is 87.0. The summed E-state index contributed by atoms with van der Waals surface area (Å²) < 4.78 is 0. The lowest BCUT2D eigenvalue weighted by Gasteiger charge is -2.35. The number of nitrogens with one attached hydrogen (secondary N) is 5. The molecule has 2 aromatic rings. The quantitative estimate of drug-likeness (QED) is 0.200. The van der Waals surface area contributed by atoms with Gasteiger partial charge in [-0.25, -0.2) is 4.98 Å². The van der Waals surface area contributed by atoms with Gasteiger partial charge in [0.1, 0.15) is 18.1 Å². The second-order valence-electron chi connectivity index (χ2n) is 13.8. The Labute approximate surface area is 295 Å². The predicted octanol–water partition coefficient (Wildman–Crippen LogP) is 0.0184. The molecule has 272 valence electrons. The molecule has 50 heavy (non-hydrogen) atoms. The van der Waals surface area contributed by atoms with Crippen molar-refractivity contribution in [2.24, 2.45) is 11.1 Å². The highest BCUT2D eigenvalue weighted by Crippen LogP contribution is 2.30. The van der Waals surface area contributed by atoms with Crippen molar-refractivity contribution < 1.29 is 33.9 Å². The van der Waals surface area contributed by atoms with Crippen molar-refractivity contribution in [3.05, 3.63) is 41.0 Å². The van der Waals surface area contributed by atoms with Crippen LogP contribution in [0.25, 0.3) is 10.4 Å². The van der Waals surface area contributed by atoms with Crippen LogP contribution >= 0.6 is 11.3 Å². The molecule has 1 aromatic heterocycles. The van der Waals surface area contributed by atoms with Crippen molar-refractivity contribution in [3.8, 4) is 10.4 Å². The lowest BCUT2D eigenvalue weighted by molar-refractivity contribution is -0.144. The molecule has 0 radical (unpaired) electrons. The van der Waals surface area contributed by atoms with Crippen LogP contribution in [0.15, 0.2) is 29.8 Å². The minimum absolute atomic E-state index is 0.0929. The van der Waals surface area contributed by atoms with Gasteiger partial charge in [-0.15, -0.1) is 11.3 Å². The largest absolute Gasteiger partial charge is 0.391 e. The molecule has 2 aliphatic heterocycles. The Bertz CT molecular complexity index is 1560. The van der Waals surface area contributed by atoms with Crippen LogP contribution in [0.4, 0.5) is 0 Å². The van der Waals surface area contributed by atoms with Crippen molar-refractivity contribution >= 4 is 46.8 Å². The highest BCUT2D eigenvalue weighted by atomic mass is 32.1. The molecule has 8 N–H and O–H groups in total. The predicted molar refractivity (Wildman–Crippen MR) is 186 cm³/mol. The maximum atomic E-state index is 14.0. The van der Waals surface area contributed by atoms with Crippen molar-refractivity contribution in [3.63, 3.8) is 0 Å². The second kappa shape index (κ2) is 17.0. The molecule has 0 saturated carbocycles. The number of fused-ring (bicyclic) bond motifs is 1. The summed E-state index contributed by atoms with van der Waals surface area (Å²) in [6, 6.07) is 2.85. The van der Waals surface area contributed by atoms with Gasteiger partial charge in [0.05, 0.1) is 35.3 Å². The van der Waals surface area contributed by atoms with E-state index in [4.69, 9.17) is 5.73 Å². The summed E-state index contributed by atoms with van der Waals surface area (Å²) in [5, 5.41) is 24.0. The van der Waals surface area contributed by atoms with E-state index >= 15 is 0 Å². The van der Waals surface area contributed by atoms with E-state index in [0.29, 0.717) is 31.4 Å². The third kappa shape index (κ3) is 10.1. The number of aliphatic hydroxyl groups excluding tert-OH is 1. The molecular weight excluding hydrogens is 664 g/mol. The Morgan fingerprint density at radius 1 is 0.920 bits per heavy atom. The van der Waals surface area contributed by atoms with Gasteiger partial charge in [0.2, 0.25) is 35.4 Å². The summed E-state index contributed by atoms with van der Waals surface area (Å²) in [5.74, 6) is -3.63. The number of rotatable bonds is 6. The molecule has 2 saturated heterocycles. The van der Waals surface area contributed by atoms with Gasteiger partial charge in [-0.05, 0) is 42.9 Å². The molecule has 0 aliphatic carbocycles. The van der Waals surface area contributed by atoms with E-state index in [1.165, 1.54) is 16.2 Å². The van der Waals surface area contributed by atoms with E-state index in [-0.39, 0.29) is 19.4 Å². The van der Waals surface area contributed by atoms with Crippen LogP contribution in [0, 0.1) is 12.3 Å². The van der Waals surface area contributed by atoms with Crippen LogP contribution in [-0.2, 0) is 28.8 Å². The minimum Gasteiger partial charge on any atom is -0.391 e. The molecule has 2 fully saturated rings. The van der Waals surface area contributed by atoms with Crippen molar-refractivity contribution in [2.75, 3.05) is 26.2 Å². The number of aryl methyl sites for hydroxylation is 1. The molecular formula is C34H48N8O7S. The maximum Gasteiger partial charge on any atom is 0.247 e. The monoisotopic (exact) mass is 712 g/mol. The average molecular weight is 713 g/mol. The average Bonchev–Trinajstić information content (AvgIpc) is 3.68. The number of unbranched alkanes of at least 4 members (excludes halogenated alkanes) is 1. The first-order chi connectivity index (χ1) is 23.7. The number of nitrogens with zero attached hydrogens (tertiary/aromatic N) is 2. The Morgan fingerprint density at radius 3 is 2.24 bits per heavy atom. The molecule has 6 amide bonds. The fourth-order valence-electron chi connectivity index (χ4n) is 6.06. The number of thiazole rings is 1. The van der Waals surface area contributed by atoms with Gasteiger partial charge in [-0.1, -0.05) is 51.5 Å². The third-order valence-corrected chi connectivity index (χ3v) is 9.73. The molecule has 2 aliphatic rings. The molecule has 0 bridgehead atoms. The summed E-state index contributed by atoms with van der Waals surface area (Å²) in [5.41, 5.74) is 8.68.